The summed E-state index contributed by atoms with van der Waals surface area (Å²) in [5.41, 5.74) is -3.49. The van der Waals surface area contributed by atoms with Crippen molar-refractivity contribution in [3.05, 3.63) is 34.2 Å². The van der Waals surface area contributed by atoms with Crippen LogP contribution in [0.2, 0.25) is 0 Å². The van der Waals surface area contributed by atoms with E-state index >= 15 is 0 Å². The Morgan fingerprint density at radius 1 is 1.43 bits per heavy atom. The van der Waals surface area contributed by atoms with Gasteiger partial charge in [0.2, 0.25) is 5.91 Å². The average molecular weight is 304 g/mol. The van der Waals surface area contributed by atoms with Crippen molar-refractivity contribution < 1.29 is 23.1 Å². The number of pyridine rings is 1. The number of hydrogen-bond acceptors (Lipinski definition) is 3. The highest BCUT2D eigenvalue weighted by molar-refractivity contribution is 5.75. The van der Waals surface area contributed by atoms with E-state index in [-0.39, 0.29) is 6.54 Å². The van der Waals surface area contributed by atoms with Crippen LogP contribution in [-0.2, 0) is 17.5 Å². The second-order valence-corrected chi connectivity index (χ2v) is 5.21. The van der Waals surface area contributed by atoms with Gasteiger partial charge in [-0.05, 0) is 31.4 Å². The molecule has 116 valence electrons. The van der Waals surface area contributed by atoms with Crippen LogP contribution in [0.15, 0.2) is 23.1 Å². The summed E-state index contributed by atoms with van der Waals surface area (Å²) in [6, 6.07) is 1.74. The molecule has 2 N–H and O–H groups in total. The summed E-state index contributed by atoms with van der Waals surface area (Å²) < 4.78 is 38.4. The van der Waals surface area contributed by atoms with Crippen molar-refractivity contribution >= 4 is 5.91 Å². The number of amides is 1. The molecule has 1 fully saturated rings. The van der Waals surface area contributed by atoms with Gasteiger partial charge in [0, 0.05) is 12.7 Å². The largest absolute Gasteiger partial charge is 0.421 e. The number of rotatable bonds is 4. The highest BCUT2D eigenvalue weighted by atomic mass is 19.4. The van der Waals surface area contributed by atoms with Crippen LogP contribution in [0, 0.1) is 0 Å². The molecule has 2 rings (SSSR count). The van der Waals surface area contributed by atoms with Crippen LogP contribution in [0.25, 0.3) is 0 Å². The van der Waals surface area contributed by atoms with Crippen LogP contribution < -0.4 is 10.9 Å². The summed E-state index contributed by atoms with van der Waals surface area (Å²) in [4.78, 5) is 23.3. The van der Waals surface area contributed by atoms with Gasteiger partial charge in [-0.25, -0.2) is 0 Å². The van der Waals surface area contributed by atoms with E-state index in [9.17, 15) is 27.9 Å². The minimum Gasteiger partial charge on any atom is -0.388 e. The molecule has 1 saturated carbocycles. The molecule has 0 spiro atoms. The quantitative estimate of drug-likeness (QED) is 0.868. The normalized spacial score (nSPS) is 17.1. The summed E-state index contributed by atoms with van der Waals surface area (Å²) in [5, 5.41) is 12.2. The lowest BCUT2D eigenvalue weighted by atomic mass is 9.80. The molecule has 0 aromatic carbocycles. The molecular formula is C13H15F3N2O3. The number of carbonyl (C=O) groups is 1. The number of carbonyl (C=O) groups excluding carboxylic acids is 1. The van der Waals surface area contributed by atoms with Gasteiger partial charge in [0.15, 0.2) is 0 Å². The van der Waals surface area contributed by atoms with Crippen molar-refractivity contribution in [2.75, 3.05) is 6.54 Å². The van der Waals surface area contributed by atoms with Gasteiger partial charge < -0.3 is 15.0 Å². The summed E-state index contributed by atoms with van der Waals surface area (Å²) in [7, 11) is 0. The number of aromatic nitrogens is 1. The van der Waals surface area contributed by atoms with E-state index in [1.807, 2.05) is 0 Å². The zero-order chi connectivity index (χ0) is 15.7. The molecule has 0 bridgehead atoms. The summed E-state index contributed by atoms with van der Waals surface area (Å²) in [6.45, 7) is -0.474. The van der Waals surface area contributed by atoms with Crippen LogP contribution >= 0.6 is 0 Å². The number of hydrogen-bond donors (Lipinski definition) is 2. The fourth-order valence-electron chi connectivity index (χ4n) is 2.11. The van der Waals surface area contributed by atoms with Gasteiger partial charge in [-0.3, -0.25) is 9.59 Å². The lowest BCUT2D eigenvalue weighted by Gasteiger charge is -2.36. The van der Waals surface area contributed by atoms with Crippen molar-refractivity contribution in [3.8, 4) is 0 Å². The van der Waals surface area contributed by atoms with Gasteiger partial charge in [-0.2, -0.15) is 13.2 Å². The van der Waals surface area contributed by atoms with E-state index in [1.54, 1.807) is 0 Å². The van der Waals surface area contributed by atoms with Crippen molar-refractivity contribution in [3.63, 3.8) is 0 Å². The molecule has 1 heterocycles. The zero-order valence-corrected chi connectivity index (χ0v) is 11.1. The van der Waals surface area contributed by atoms with E-state index in [0.29, 0.717) is 23.5 Å². The van der Waals surface area contributed by atoms with Crippen LogP contribution in [0.5, 0.6) is 0 Å². The number of aliphatic hydroxyl groups is 1. The molecular weight excluding hydrogens is 289 g/mol. The highest BCUT2D eigenvalue weighted by Gasteiger charge is 2.35. The molecule has 21 heavy (non-hydrogen) atoms. The molecule has 1 aliphatic carbocycles. The number of nitrogens with one attached hydrogen (secondary N) is 1. The standard InChI is InChI=1S/C13H15F3N2O3/c14-13(15,16)9-3-1-6-18(11(9)20)7-10(19)17-8-12(21)4-2-5-12/h1,3,6,21H,2,4-5,7-8H2,(H,17,19). The smallest absolute Gasteiger partial charge is 0.388 e. The van der Waals surface area contributed by atoms with Crippen LogP contribution in [0.3, 0.4) is 0 Å². The summed E-state index contributed by atoms with van der Waals surface area (Å²) in [5.74, 6) is -0.614. The van der Waals surface area contributed by atoms with E-state index in [1.165, 1.54) is 0 Å². The number of alkyl halides is 3. The van der Waals surface area contributed by atoms with Gasteiger partial charge in [-0.15, -0.1) is 0 Å². The topological polar surface area (TPSA) is 71.3 Å². The molecule has 0 aliphatic heterocycles. The van der Waals surface area contributed by atoms with E-state index in [4.69, 9.17) is 0 Å². The molecule has 1 aromatic rings. The van der Waals surface area contributed by atoms with Crippen LogP contribution in [0.4, 0.5) is 13.2 Å². The maximum atomic E-state index is 12.6. The Hall–Kier alpha value is -1.83. The summed E-state index contributed by atoms with van der Waals surface area (Å²) >= 11 is 0. The first-order valence-corrected chi connectivity index (χ1v) is 6.47. The molecule has 1 aliphatic rings. The van der Waals surface area contributed by atoms with E-state index in [0.717, 1.165) is 18.7 Å². The SMILES string of the molecule is O=C(Cn1cccc(C(F)(F)F)c1=O)NCC1(O)CCC1. The van der Waals surface area contributed by atoms with Gasteiger partial charge in [0.1, 0.15) is 12.1 Å². The van der Waals surface area contributed by atoms with Crippen molar-refractivity contribution in [2.24, 2.45) is 0 Å². The van der Waals surface area contributed by atoms with E-state index in [2.05, 4.69) is 5.32 Å². The highest BCUT2D eigenvalue weighted by Crippen LogP contribution is 2.30. The first-order valence-electron chi connectivity index (χ1n) is 6.47. The Bertz CT molecular complexity index is 591. The summed E-state index contributed by atoms with van der Waals surface area (Å²) in [6.07, 6.45) is -1.60. The lowest BCUT2D eigenvalue weighted by molar-refractivity contribution is -0.139. The van der Waals surface area contributed by atoms with Gasteiger partial charge in [0.05, 0.1) is 5.60 Å². The predicted octanol–water partition coefficient (Wildman–Crippen LogP) is 0.898. The third kappa shape index (κ3) is 3.63. The van der Waals surface area contributed by atoms with Crippen LogP contribution in [-0.4, -0.2) is 27.7 Å². The van der Waals surface area contributed by atoms with Gasteiger partial charge in [0.25, 0.3) is 5.56 Å². The molecule has 0 saturated heterocycles. The maximum Gasteiger partial charge on any atom is 0.421 e. The molecule has 0 atom stereocenters. The van der Waals surface area contributed by atoms with Crippen molar-refractivity contribution in [1.29, 1.82) is 0 Å². The molecule has 5 nitrogen and oxygen atoms in total. The maximum absolute atomic E-state index is 12.6. The molecule has 0 radical (unpaired) electrons. The minimum absolute atomic E-state index is 0.0412. The first-order chi connectivity index (χ1) is 9.71. The molecule has 1 amide bonds. The predicted molar refractivity (Wildman–Crippen MR) is 67.5 cm³/mol. The lowest BCUT2D eigenvalue weighted by Crippen LogP contribution is -2.48. The zero-order valence-electron chi connectivity index (χ0n) is 11.1. The Kier molecular flexibility index (Phi) is 4.08. The first kappa shape index (κ1) is 15.6. The number of nitrogens with zero attached hydrogens (tertiary/aromatic N) is 1. The van der Waals surface area contributed by atoms with Crippen LogP contribution in [0.1, 0.15) is 24.8 Å². The third-order valence-electron chi connectivity index (χ3n) is 3.54. The molecule has 0 unspecified atom stereocenters. The molecule has 8 heteroatoms. The fourth-order valence-corrected chi connectivity index (χ4v) is 2.11. The Morgan fingerprint density at radius 3 is 2.62 bits per heavy atom. The Morgan fingerprint density at radius 2 is 2.10 bits per heavy atom. The average Bonchev–Trinajstić information content (AvgIpc) is 2.35. The van der Waals surface area contributed by atoms with Crippen molar-refractivity contribution in [1.82, 2.24) is 9.88 Å². The Labute approximate surface area is 118 Å². The number of halogens is 3. The van der Waals surface area contributed by atoms with E-state index < -0.39 is 35.4 Å². The fraction of sp³-hybridized carbons (Fsp3) is 0.538. The van der Waals surface area contributed by atoms with Crippen molar-refractivity contribution in [2.45, 2.75) is 37.6 Å². The van der Waals surface area contributed by atoms with Gasteiger partial charge >= 0.3 is 6.18 Å². The second kappa shape index (κ2) is 5.51. The second-order valence-electron chi connectivity index (χ2n) is 5.21. The minimum atomic E-state index is -4.75. The Balaban J connectivity index is 2.02. The van der Waals surface area contributed by atoms with Gasteiger partial charge in [-0.1, -0.05) is 0 Å². The molecule has 1 aromatic heterocycles. The third-order valence-corrected chi connectivity index (χ3v) is 3.54. The monoisotopic (exact) mass is 304 g/mol.